The molecule has 0 aliphatic heterocycles. The maximum atomic E-state index is 12.0. The Bertz CT molecular complexity index is 960. The van der Waals surface area contributed by atoms with Gasteiger partial charge in [-0.05, 0) is 41.8 Å². The third-order valence-corrected chi connectivity index (χ3v) is 4.23. The second kappa shape index (κ2) is 12.7. The van der Waals surface area contributed by atoms with E-state index in [-0.39, 0.29) is 19.1 Å². The van der Waals surface area contributed by atoms with Gasteiger partial charge >= 0.3 is 0 Å². The fourth-order valence-corrected chi connectivity index (χ4v) is 2.76. The molecule has 0 saturated carbocycles. The van der Waals surface area contributed by atoms with Crippen LogP contribution in [0.5, 0.6) is 23.0 Å². The van der Waals surface area contributed by atoms with Crippen molar-refractivity contribution in [2.24, 2.45) is 0 Å². The average molecular weight is 421 g/mol. The summed E-state index contributed by atoms with van der Waals surface area (Å²) in [6.45, 7) is 4.21. The van der Waals surface area contributed by atoms with E-state index in [2.05, 4.69) is 23.7 Å². The lowest BCUT2D eigenvalue weighted by molar-refractivity contribution is -0.116. The number of hydrogen-bond donors (Lipinski definition) is 1. The topological polar surface area (TPSA) is 66.0 Å². The van der Waals surface area contributed by atoms with E-state index in [0.717, 1.165) is 23.3 Å². The molecule has 31 heavy (non-hydrogen) atoms. The van der Waals surface area contributed by atoms with Crippen LogP contribution in [0.1, 0.15) is 11.1 Å². The molecule has 1 N–H and O–H groups in total. The standard InChI is InChI=1S/C25H27NO5/c1-5-10-20-11-6-7-12-21(20)31-16-9-8-15-26-24(27)14-13-19-17-22(28-2)25(30-4)23(18-19)29-3/h5-7,11-14,17-18H,1,10,15-16H2,2-4H3,(H,26,27)/b14-13+. The number of methoxy groups -OCH3 is 3. The number of para-hydroxylation sites is 1. The highest BCUT2D eigenvalue weighted by atomic mass is 16.5. The highest BCUT2D eigenvalue weighted by molar-refractivity contribution is 5.92. The van der Waals surface area contributed by atoms with Gasteiger partial charge < -0.3 is 24.3 Å². The molecule has 0 fully saturated rings. The minimum absolute atomic E-state index is 0.218. The molecule has 0 saturated heterocycles. The quantitative estimate of drug-likeness (QED) is 0.360. The van der Waals surface area contributed by atoms with Crippen LogP contribution < -0.4 is 24.3 Å². The molecule has 162 valence electrons. The molecule has 0 radical (unpaired) electrons. The van der Waals surface area contributed by atoms with Gasteiger partial charge in [0.05, 0.1) is 27.9 Å². The van der Waals surface area contributed by atoms with E-state index in [1.807, 2.05) is 30.3 Å². The number of nitrogens with one attached hydrogen (secondary N) is 1. The highest BCUT2D eigenvalue weighted by Crippen LogP contribution is 2.38. The summed E-state index contributed by atoms with van der Waals surface area (Å²) in [5.41, 5.74) is 1.80. The minimum atomic E-state index is -0.264. The summed E-state index contributed by atoms with van der Waals surface area (Å²) >= 11 is 0. The fourth-order valence-electron chi connectivity index (χ4n) is 2.76. The van der Waals surface area contributed by atoms with Gasteiger partial charge in [-0.2, -0.15) is 0 Å². The normalized spacial score (nSPS) is 10.0. The Morgan fingerprint density at radius 1 is 1.03 bits per heavy atom. The first kappa shape index (κ1) is 23.4. The Kier molecular flexibility index (Phi) is 9.57. The highest BCUT2D eigenvalue weighted by Gasteiger charge is 2.12. The molecule has 6 heteroatoms. The van der Waals surface area contributed by atoms with Gasteiger partial charge in [-0.25, -0.2) is 0 Å². The predicted molar refractivity (Wildman–Crippen MR) is 122 cm³/mol. The van der Waals surface area contributed by atoms with Crippen LogP contribution in [-0.2, 0) is 11.2 Å². The molecule has 0 unspecified atom stereocenters. The molecule has 0 aliphatic carbocycles. The zero-order chi connectivity index (χ0) is 22.5. The first-order valence-electron chi connectivity index (χ1n) is 9.66. The van der Waals surface area contributed by atoms with Gasteiger partial charge in [-0.15, -0.1) is 6.58 Å². The van der Waals surface area contributed by atoms with E-state index in [9.17, 15) is 4.79 Å². The number of carbonyl (C=O) groups excluding carboxylic acids is 1. The van der Waals surface area contributed by atoms with Crippen LogP contribution in [0.2, 0.25) is 0 Å². The number of rotatable bonds is 10. The van der Waals surface area contributed by atoms with Gasteiger partial charge in [0.1, 0.15) is 12.4 Å². The van der Waals surface area contributed by atoms with Gasteiger partial charge in [0, 0.05) is 6.08 Å². The average Bonchev–Trinajstić information content (AvgIpc) is 2.80. The summed E-state index contributed by atoms with van der Waals surface area (Å²) in [4.78, 5) is 12.0. The molecule has 0 aliphatic rings. The van der Waals surface area contributed by atoms with Crippen molar-refractivity contribution in [3.63, 3.8) is 0 Å². The van der Waals surface area contributed by atoms with Crippen molar-refractivity contribution >= 4 is 12.0 Å². The Morgan fingerprint density at radius 3 is 2.39 bits per heavy atom. The van der Waals surface area contributed by atoms with Gasteiger partial charge in [0.15, 0.2) is 11.5 Å². The van der Waals surface area contributed by atoms with Crippen LogP contribution in [0.15, 0.2) is 55.1 Å². The number of ether oxygens (including phenoxy) is 4. The zero-order valence-electron chi connectivity index (χ0n) is 18.1. The van der Waals surface area contributed by atoms with Crippen molar-refractivity contribution in [2.75, 3.05) is 34.5 Å². The molecule has 0 atom stereocenters. The number of amides is 1. The summed E-state index contributed by atoms with van der Waals surface area (Å²) in [7, 11) is 4.62. The summed E-state index contributed by atoms with van der Waals surface area (Å²) in [5.74, 6) is 7.81. The molecule has 2 aromatic rings. The zero-order valence-corrected chi connectivity index (χ0v) is 18.1. The van der Waals surface area contributed by atoms with Crippen LogP contribution >= 0.6 is 0 Å². The largest absolute Gasteiger partial charge is 0.493 e. The minimum Gasteiger partial charge on any atom is -0.493 e. The third kappa shape index (κ3) is 7.16. The summed E-state index contributed by atoms with van der Waals surface area (Å²) in [5, 5.41) is 2.71. The summed E-state index contributed by atoms with van der Waals surface area (Å²) in [6.07, 6.45) is 5.64. The molecule has 1 amide bonds. The lowest BCUT2D eigenvalue weighted by Gasteiger charge is -2.12. The Balaban J connectivity index is 1.85. The van der Waals surface area contributed by atoms with Gasteiger partial charge in [0.25, 0.3) is 0 Å². The van der Waals surface area contributed by atoms with Crippen LogP contribution in [0.25, 0.3) is 6.08 Å². The summed E-state index contributed by atoms with van der Waals surface area (Å²) in [6, 6.07) is 11.3. The van der Waals surface area contributed by atoms with Crippen molar-refractivity contribution in [2.45, 2.75) is 6.42 Å². The predicted octanol–water partition coefficient (Wildman–Crippen LogP) is 3.65. The Morgan fingerprint density at radius 2 is 1.74 bits per heavy atom. The van der Waals surface area contributed by atoms with Crippen molar-refractivity contribution in [1.29, 1.82) is 0 Å². The van der Waals surface area contributed by atoms with E-state index in [1.54, 1.807) is 18.2 Å². The van der Waals surface area contributed by atoms with Gasteiger partial charge in [-0.3, -0.25) is 4.79 Å². The molecule has 0 spiro atoms. The number of allylic oxidation sites excluding steroid dienone is 1. The molecular weight excluding hydrogens is 394 g/mol. The van der Waals surface area contributed by atoms with E-state index in [4.69, 9.17) is 18.9 Å². The monoisotopic (exact) mass is 421 g/mol. The third-order valence-electron chi connectivity index (χ3n) is 4.23. The molecular formula is C25H27NO5. The van der Waals surface area contributed by atoms with E-state index >= 15 is 0 Å². The smallest absolute Gasteiger partial charge is 0.244 e. The fraction of sp³-hybridized carbons (Fsp3) is 0.240. The maximum absolute atomic E-state index is 12.0. The van der Waals surface area contributed by atoms with Crippen molar-refractivity contribution in [3.8, 4) is 34.8 Å². The van der Waals surface area contributed by atoms with Crippen molar-refractivity contribution in [1.82, 2.24) is 5.32 Å². The Hall–Kier alpha value is -3.85. The van der Waals surface area contributed by atoms with E-state index in [0.29, 0.717) is 17.2 Å². The second-order valence-electron chi connectivity index (χ2n) is 6.25. The van der Waals surface area contributed by atoms with Gasteiger partial charge in [-0.1, -0.05) is 36.1 Å². The van der Waals surface area contributed by atoms with Gasteiger partial charge in [0.2, 0.25) is 11.7 Å². The van der Waals surface area contributed by atoms with E-state index < -0.39 is 0 Å². The molecule has 0 bridgehead atoms. The molecule has 2 rings (SSSR count). The lowest BCUT2D eigenvalue weighted by Crippen LogP contribution is -2.21. The molecule has 0 aromatic heterocycles. The van der Waals surface area contributed by atoms with Crippen LogP contribution in [0.4, 0.5) is 0 Å². The number of benzene rings is 2. The first-order valence-corrected chi connectivity index (χ1v) is 9.66. The van der Waals surface area contributed by atoms with Crippen molar-refractivity contribution in [3.05, 3.63) is 66.3 Å². The van der Waals surface area contributed by atoms with Crippen LogP contribution in [-0.4, -0.2) is 40.4 Å². The SMILES string of the molecule is C=CCc1ccccc1OCC#CCNC(=O)/C=C/c1cc(OC)c(OC)c(OC)c1. The Labute approximate surface area is 183 Å². The maximum Gasteiger partial charge on any atom is 0.244 e. The van der Waals surface area contributed by atoms with Crippen molar-refractivity contribution < 1.29 is 23.7 Å². The number of carbonyl (C=O) groups is 1. The summed E-state index contributed by atoms with van der Waals surface area (Å²) < 4.78 is 21.6. The van der Waals surface area contributed by atoms with Crippen LogP contribution in [0, 0.1) is 11.8 Å². The lowest BCUT2D eigenvalue weighted by atomic mass is 10.1. The molecule has 6 nitrogen and oxygen atoms in total. The number of hydrogen-bond acceptors (Lipinski definition) is 5. The first-order chi connectivity index (χ1) is 15.1. The molecule has 2 aromatic carbocycles. The molecule has 0 heterocycles. The second-order valence-corrected chi connectivity index (χ2v) is 6.25. The van der Waals surface area contributed by atoms with Crippen LogP contribution in [0.3, 0.4) is 0 Å². The van der Waals surface area contributed by atoms with E-state index in [1.165, 1.54) is 27.4 Å².